The molecule has 2 rings (SSSR count). The topological polar surface area (TPSA) is 103 Å². The number of sulfonamides is 1. The second-order valence-corrected chi connectivity index (χ2v) is 7.05. The van der Waals surface area contributed by atoms with Crippen LogP contribution in [0.5, 0.6) is 0 Å². The van der Waals surface area contributed by atoms with Crippen molar-refractivity contribution < 1.29 is 22.5 Å². The molecule has 0 unspecified atom stereocenters. The SMILES string of the molecule is COCCN(Cc1ccco1)S(=O)(=O)Cc1ccc([N+](=O)[O-])cc1. The van der Waals surface area contributed by atoms with Crippen LogP contribution in [0.15, 0.2) is 47.1 Å². The number of benzene rings is 1. The van der Waals surface area contributed by atoms with Crippen LogP contribution in [0.3, 0.4) is 0 Å². The van der Waals surface area contributed by atoms with Crippen LogP contribution in [0.2, 0.25) is 0 Å². The van der Waals surface area contributed by atoms with Crippen LogP contribution in [-0.2, 0) is 27.1 Å². The summed E-state index contributed by atoms with van der Waals surface area (Å²) in [7, 11) is -2.14. The Morgan fingerprint density at radius 1 is 1.25 bits per heavy atom. The molecule has 0 fully saturated rings. The van der Waals surface area contributed by atoms with Gasteiger partial charge in [0.05, 0.1) is 30.1 Å². The van der Waals surface area contributed by atoms with Gasteiger partial charge in [0.15, 0.2) is 0 Å². The summed E-state index contributed by atoms with van der Waals surface area (Å²) in [5, 5.41) is 10.7. The van der Waals surface area contributed by atoms with Gasteiger partial charge in [-0.3, -0.25) is 10.1 Å². The van der Waals surface area contributed by atoms with Crippen LogP contribution >= 0.6 is 0 Å². The average Bonchev–Trinajstić information content (AvgIpc) is 3.04. The molecule has 2 aromatic rings. The first kappa shape index (κ1) is 18.1. The van der Waals surface area contributed by atoms with E-state index in [0.717, 1.165) is 0 Å². The number of furan rings is 1. The van der Waals surface area contributed by atoms with Crippen molar-refractivity contribution in [3.05, 3.63) is 64.1 Å². The molecule has 24 heavy (non-hydrogen) atoms. The highest BCUT2D eigenvalue weighted by Gasteiger charge is 2.23. The van der Waals surface area contributed by atoms with Crippen LogP contribution < -0.4 is 0 Å². The van der Waals surface area contributed by atoms with E-state index in [2.05, 4.69) is 0 Å². The molecule has 1 aromatic heterocycles. The molecule has 0 radical (unpaired) electrons. The molecule has 8 nitrogen and oxygen atoms in total. The van der Waals surface area contributed by atoms with Gasteiger partial charge >= 0.3 is 0 Å². The number of non-ortho nitro benzene ring substituents is 1. The van der Waals surface area contributed by atoms with Crippen molar-refractivity contribution in [2.45, 2.75) is 12.3 Å². The van der Waals surface area contributed by atoms with Crippen molar-refractivity contribution >= 4 is 15.7 Å². The van der Waals surface area contributed by atoms with Crippen LogP contribution in [-0.4, -0.2) is 37.9 Å². The van der Waals surface area contributed by atoms with Crippen LogP contribution in [0, 0.1) is 10.1 Å². The van der Waals surface area contributed by atoms with Crippen LogP contribution in [0.1, 0.15) is 11.3 Å². The van der Waals surface area contributed by atoms with Crippen molar-refractivity contribution in [2.75, 3.05) is 20.3 Å². The molecule has 0 N–H and O–H groups in total. The number of nitro groups is 1. The lowest BCUT2D eigenvalue weighted by atomic mass is 10.2. The third-order valence-electron chi connectivity index (χ3n) is 3.35. The van der Waals surface area contributed by atoms with E-state index in [-0.39, 0.29) is 31.1 Å². The molecular weight excluding hydrogens is 336 g/mol. The van der Waals surface area contributed by atoms with Gasteiger partial charge in [0.2, 0.25) is 10.0 Å². The number of ether oxygens (including phenoxy) is 1. The molecule has 0 aliphatic carbocycles. The lowest BCUT2D eigenvalue weighted by molar-refractivity contribution is -0.384. The van der Waals surface area contributed by atoms with Gasteiger partial charge in [0.25, 0.3) is 5.69 Å². The fourth-order valence-electron chi connectivity index (χ4n) is 2.10. The van der Waals surface area contributed by atoms with Gasteiger partial charge in [-0.1, -0.05) is 12.1 Å². The van der Waals surface area contributed by atoms with Crippen LogP contribution in [0.4, 0.5) is 5.69 Å². The molecule has 0 amide bonds. The van der Waals surface area contributed by atoms with Crippen molar-refractivity contribution in [2.24, 2.45) is 0 Å². The van der Waals surface area contributed by atoms with Gasteiger partial charge in [-0.05, 0) is 17.7 Å². The van der Waals surface area contributed by atoms with Crippen molar-refractivity contribution in [1.82, 2.24) is 4.31 Å². The summed E-state index contributed by atoms with van der Waals surface area (Å²) in [6, 6.07) is 8.84. The molecule has 9 heteroatoms. The summed E-state index contributed by atoms with van der Waals surface area (Å²) in [5.41, 5.74) is 0.394. The first-order valence-corrected chi connectivity index (χ1v) is 8.76. The molecule has 0 bridgehead atoms. The van der Waals surface area contributed by atoms with E-state index in [1.807, 2.05) is 0 Å². The Morgan fingerprint density at radius 2 is 1.96 bits per heavy atom. The minimum atomic E-state index is -3.63. The van der Waals surface area contributed by atoms with Gasteiger partial charge in [-0.2, -0.15) is 4.31 Å². The first-order chi connectivity index (χ1) is 11.4. The number of nitrogens with zero attached hydrogens (tertiary/aromatic N) is 2. The Morgan fingerprint density at radius 3 is 2.50 bits per heavy atom. The summed E-state index contributed by atoms with van der Waals surface area (Å²) in [6.45, 7) is 0.540. The molecule has 0 aliphatic rings. The van der Waals surface area contributed by atoms with Gasteiger partial charge in [0, 0.05) is 25.8 Å². The van der Waals surface area contributed by atoms with Gasteiger partial charge in [-0.15, -0.1) is 0 Å². The molecule has 1 heterocycles. The van der Waals surface area contributed by atoms with Crippen molar-refractivity contribution in [1.29, 1.82) is 0 Å². The highest BCUT2D eigenvalue weighted by molar-refractivity contribution is 7.88. The number of nitro benzene ring substituents is 1. The third-order valence-corrected chi connectivity index (χ3v) is 5.14. The largest absolute Gasteiger partial charge is 0.468 e. The Kier molecular flexibility index (Phi) is 6.07. The highest BCUT2D eigenvalue weighted by atomic mass is 32.2. The highest BCUT2D eigenvalue weighted by Crippen LogP contribution is 2.17. The normalized spacial score (nSPS) is 11.8. The minimum absolute atomic E-state index is 0.0806. The average molecular weight is 354 g/mol. The Balaban J connectivity index is 2.15. The Hall–Kier alpha value is -2.23. The second kappa shape index (κ2) is 8.04. The predicted octanol–water partition coefficient (Wildman–Crippen LogP) is 2.17. The fraction of sp³-hybridized carbons (Fsp3) is 0.333. The fourth-order valence-corrected chi connectivity index (χ4v) is 3.57. The van der Waals surface area contributed by atoms with E-state index in [4.69, 9.17) is 9.15 Å². The lowest BCUT2D eigenvalue weighted by Gasteiger charge is -2.21. The number of rotatable bonds is 9. The Labute approximate surface area is 139 Å². The molecule has 1 aromatic carbocycles. The molecule has 0 atom stereocenters. The quantitative estimate of drug-likeness (QED) is 0.505. The summed E-state index contributed by atoms with van der Waals surface area (Å²) >= 11 is 0. The second-order valence-electron chi connectivity index (χ2n) is 5.09. The first-order valence-electron chi connectivity index (χ1n) is 7.15. The van der Waals surface area contributed by atoms with Crippen molar-refractivity contribution in [3.63, 3.8) is 0 Å². The number of hydrogen-bond acceptors (Lipinski definition) is 6. The van der Waals surface area contributed by atoms with Crippen LogP contribution in [0.25, 0.3) is 0 Å². The summed E-state index contributed by atoms with van der Waals surface area (Å²) in [5.74, 6) is 0.272. The predicted molar refractivity (Wildman–Crippen MR) is 86.7 cm³/mol. The van der Waals surface area contributed by atoms with E-state index in [1.165, 1.54) is 41.9 Å². The lowest BCUT2D eigenvalue weighted by Crippen LogP contribution is -2.34. The third kappa shape index (κ3) is 4.88. The maximum atomic E-state index is 12.6. The zero-order valence-electron chi connectivity index (χ0n) is 13.1. The van der Waals surface area contributed by atoms with Crippen molar-refractivity contribution in [3.8, 4) is 0 Å². The number of hydrogen-bond donors (Lipinski definition) is 0. The van der Waals surface area contributed by atoms with E-state index in [1.54, 1.807) is 12.1 Å². The van der Waals surface area contributed by atoms with Gasteiger partial charge in [0.1, 0.15) is 5.76 Å². The maximum Gasteiger partial charge on any atom is 0.269 e. The summed E-state index contributed by atoms with van der Waals surface area (Å²) in [4.78, 5) is 10.1. The van der Waals surface area contributed by atoms with Gasteiger partial charge < -0.3 is 9.15 Å². The maximum absolute atomic E-state index is 12.6. The van der Waals surface area contributed by atoms with E-state index < -0.39 is 14.9 Å². The molecular formula is C15H18N2O6S. The number of methoxy groups -OCH3 is 1. The molecule has 0 saturated carbocycles. The van der Waals surface area contributed by atoms with Gasteiger partial charge in [-0.25, -0.2) is 8.42 Å². The smallest absolute Gasteiger partial charge is 0.269 e. The zero-order chi connectivity index (χ0) is 17.6. The standard InChI is InChI=1S/C15H18N2O6S/c1-22-10-8-16(11-15-3-2-9-23-15)24(20,21)12-13-4-6-14(7-5-13)17(18)19/h2-7,9H,8,10-12H2,1H3. The molecule has 130 valence electrons. The van der Waals surface area contributed by atoms with E-state index in [9.17, 15) is 18.5 Å². The molecule has 0 saturated heterocycles. The monoisotopic (exact) mass is 354 g/mol. The van der Waals surface area contributed by atoms with E-state index in [0.29, 0.717) is 11.3 Å². The van der Waals surface area contributed by atoms with E-state index >= 15 is 0 Å². The summed E-state index contributed by atoms with van der Waals surface area (Å²) in [6.07, 6.45) is 1.48. The minimum Gasteiger partial charge on any atom is -0.468 e. The summed E-state index contributed by atoms with van der Waals surface area (Å²) < 4.78 is 36.7. The molecule has 0 spiro atoms. The molecule has 0 aliphatic heterocycles. The zero-order valence-corrected chi connectivity index (χ0v) is 13.9. The Bertz CT molecular complexity index is 756.